The van der Waals surface area contributed by atoms with Gasteiger partial charge in [0.1, 0.15) is 11.6 Å². The van der Waals surface area contributed by atoms with Crippen LogP contribution in [0.3, 0.4) is 0 Å². The maximum atomic E-state index is 5.46. The molecule has 2 heterocycles. The van der Waals surface area contributed by atoms with E-state index in [1.807, 2.05) is 6.20 Å². The van der Waals surface area contributed by atoms with Crippen LogP contribution in [0.25, 0.3) is 0 Å². The molecule has 2 aromatic heterocycles. The summed E-state index contributed by atoms with van der Waals surface area (Å²) in [6, 6.07) is 2.49. The number of hydrogen-bond acceptors (Lipinski definition) is 3. The number of aromatic nitrogens is 2. The van der Waals surface area contributed by atoms with E-state index in [-0.39, 0.29) is 0 Å². The fourth-order valence-corrected chi connectivity index (χ4v) is 2.31. The number of hydrogen-bond donors (Lipinski definition) is 2. The van der Waals surface area contributed by atoms with Crippen LogP contribution in [0, 0.1) is 0 Å². The second-order valence-electron chi connectivity index (χ2n) is 4.16. The molecule has 1 unspecified atom stereocenters. The molecule has 1 aliphatic carbocycles. The van der Waals surface area contributed by atoms with E-state index in [1.165, 1.54) is 18.4 Å². The Morgan fingerprint density at radius 3 is 3.44 bits per heavy atom. The lowest BCUT2D eigenvalue weighted by atomic mass is 9.93. The van der Waals surface area contributed by atoms with E-state index in [9.17, 15) is 0 Å². The third kappa shape index (κ3) is 1.76. The quantitative estimate of drug-likeness (QED) is 0.828. The van der Waals surface area contributed by atoms with Gasteiger partial charge < -0.3 is 14.7 Å². The van der Waals surface area contributed by atoms with Crippen LogP contribution in [0.4, 0.5) is 0 Å². The third-order valence-corrected chi connectivity index (χ3v) is 3.12. The Hall–Kier alpha value is -1.55. The molecular weight excluding hydrogens is 202 g/mol. The average molecular weight is 217 g/mol. The zero-order valence-corrected chi connectivity index (χ0v) is 9.07. The molecule has 0 saturated heterocycles. The summed E-state index contributed by atoms with van der Waals surface area (Å²) in [5.74, 6) is 2.12. The third-order valence-electron chi connectivity index (χ3n) is 3.12. The van der Waals surface area contributed by atoms with Crippen LogP contribution in [-0.4, -0.2) is 9.97 Å². The topological polar surface area (TPSA) is 53.9 Å². The number of aryl methyl sites for hydroxylation is 1. The number of nitrogens with zero attached hydrogens (tertiary/aromatic N) is 1. The van der Waals surface area contributed by atoms with Crippen LogP contribution in [0.5, 0.6) is 0 Å². The van der Waals surface area contributed by atoms with Gasteiger partial charge in [0, 0.05) is 30.4 Å². The van der Waals surface area contributed by atoms with E-state index in [0.29, 0.717) is 6.04 Å². The lowest BCUT2D eigenvalue weighted by molar-refractivity contribution is 0.408. The number of nitrogens with one attached hydrogen (secondary N) is 2. The normalized spacial score (nSPS) is 19.6. The Bertz CT molecular complexity index is 447. The molecule has 0 radical (unpaired) electrons. The molecule has 2 N–H and O–H groups in total. The molecule has 0 fully saturated rings. The Labute approximate surface area is 94.1 Å². The molecule has 84 valence electrons. The minimum absolute atomic E-state index is 0.410. The lowest BCUT2D eigenvalue weighted by Gasteiger charge is -2.22. The first kappa shape index (κ1) is 9.66. The van der Waals surface area contributed by atoms with Crippen molar-refractivity contribution in [1.82, 2.24) is 15.3 Å². The lowest BCUT2D eigenvalue weighted by Crippen LogP contribution is -2.24. The van der Waals surface area contributed by atoms with E-state index in [1.54, 1.807) is 12.5 Å². The number of H-pyrrole nitrogens is 1. The van der Waals surface area contributed by atoms with Crippen LogP contribution in [-0.2, 0) is 13.0 Å². The first-order valence-corrected chi connectivity index (χ1v) is 5.71. The molecule has 3 rings (SSSR count). The van der Waals surface area contributed by atoms with Crippen molar-refractivity contribution in [3.63, 3.8) is 0 Å². The van der Waals surface area contributed by atoms with Gasteiger partial charge in [0.25, 0.3) is 0 Å². The van der Waals surface area contributed by atoms with Crippen LogP contribution in [0.1, 0.15) is 36.0 Å². The highest BCUT2D eigenvalue weighted by Gasteiger charge is 2.21. The van der Waals surface area contributed by atoms with Gasteiger partial charge in [-0.1, -0.05) is 0 Å². The summed E-state index contributed by atoms with van der Waals surface area (Å²) in [7, 11) is 0. The highest BCUT2D eigenvalue weighted by Crippen LogP contribution is 2.30. The van der Waals surface area contributed by atoms with Gasteiger partial charge in [-0.25, -0.2) is 4.98 Å². The molecule has 0 amide bonds. The second-order valence-corrected chi connectivity index (χ2v) is 4.16. The number of furan rings is 1. The van der Waals surface area contributed by atoms with Gasteiger partial charge >= 0.3 is 0 Å². The van der Waals surface area contributed by atoms with Crippen molar-refractivity contribution in [3.05, 3.63) is 41.9 Å². The van der Waals surface area contributed by atoms with Gasteiger partial charge in [-0.3, -0.25) is 0 Å². The monoisotopic (exact) mass is 217 g/mol. The molecule has 0 aliphatic heterocycles. The maximum Gasteiger partial charge on any atom is 0.120 e. The Kier molecular flexibility index (Phi) is 2.50. The number of aromatic amines is 1. The first-order valence-electron chi connectivity index (χ1n) is 5.71. The zero-order chi connectivity index (χ0) is 10.8. The summed E-state index contributed by atoms with van der Waals surface area (Å²) in [4.78, 5) is 7.30. The fourth-order valence-electron chi connectivity index (χ4n) is 2.31. The maximum absolute atomic E-state index is 5.46. The minimum atomic E-state index is 0.410. The number of fused-ring (bicyclic) bond motifs is 1. The summed E-state index contributed by atoms with van der Waals surface area (Å²) in [6.07, 6.45) is 8.85. The van der Waals surface area contributed by atoms with Gasteiger partial charge in [0.05, 0.1) is 12.8 Å². The Morgan fingerprint density at radius 1 is 1.56 bits per heavy atom. The number of rotatable bonds is 3. The molecular formula is C12H15N3O. The predicted molar refractivity (Wildman–Crippen MR) is 59.8 cm³/mol. The Balaban J connectivity index is 1.69. The van der Waals surface area contributed by atoms with E-state index in [0.717, 1.165) is 24.6 Å². The Morgan fingerprint density at radius 2 is 2.56 bits per heavy atom. The summed E-state index contributed by atoms with van der Waals surface area (Å²) >= 11 is 0. The summed E-state index contributed by atoms with van der Waals surface area (Å²) < 4.78 is 5.46. The summed E-state index contributed by atoms with van der Waals surface area (Å²) in [6.45, 7) is 0.780. The van der Waals surface area contributed by atoms with Gasteiger partial charge in [0.2, 0.25) is 0 Å². The van der Waals surface area contributed by atoms with Crippen molar-refractivity contribution >= 4 is 0 Å². The zero-order valence-electron chi connectivity index (χ0n) is 9.07. The minimum Gasteiger partial charge on any atom is -0.469 e. The first-order chi connectivity index (χ1) is 7.93. The summed E-state index contributed by atoms with van der Waals surface area (Å²) in [5.41, 5.74) is 1.32. The van der Waals surface area contributed by atoms with Gasteiger partial charge in [-0.2, -0.15) is 0 Å². The number of imidazole rings is 1. The van der Waals surface area contributed by atoms with E-state index < -0.39 is 0 Å². The molecule has 0 aromatic carbocycles. The van der Waals surface area contributed by atoms with Crippen molar-refractivity contribution in [3.8, 4) is 0 Å². The van der Waals surface area contributed by atoms with E-state index in [2.05, 4.69) is 21.4 Å². The molecule has 4 heteroatoms. The fraction of sp³-hybridized carbons (Fsp3) is 0.417. The highest BCUT2D eigenvalue weighted by molar-refractivity contribution is 5.24. The van der Waals surface area contributed by atoms with Crippen LogP contribution >= 0.6 is 0 Å². The molecule has 1 atom stereocenters. The van der Waals surface area contributed by atoms with Crippen molar-refractivity contribution in [2.45, 2.75) is 31.8 Å². The van der Waals surface area contributed by atoms with Crippen LogP contribution in [0.2, 0.25) is 0 Å². The summed E-state index contributed by atoms with van der Waals surface area (Å²) in [5, 5.41) is 3.51. The van der Waals surface area contributed by atoms with E-state index in [4.69, 9.17) is 4.42 Å². The average Bonchev–Trinajstić information content (AvgIpc) is 2.97. The molecule has 16 heavy (non-hydrogen) atoms. The predicted octanol–water partition coefficient (Wildman–Crippen LogP) is 2.17. The van der Waals surface area contributed by atoms with Gasteiger partial charge in [-0.15, -0.1) is 0 Å². The highest BCUT2D eigenvalue weighted by atomic mass is 16.3. The molecule has 2 aromatic rings. The van der Waals surface area contributed by atoms with Crippen molar-refractivity contribution in [2.75, 3.05) is 0 Å². The van der Waals surface area contributed by atoms with Crippen molar-refractivity contribution < 1.29 is 4.42 Å². The molecule has 0 bridgehead atoms. The second kappa shape index (κ2) is 4.14. The molecule has 4 nitrogen and oxygen atoms in total. The van der Waals surface area contributed by atoms with Crippen molar-refractivity contribution in [1.29, 1.82) is 0 Å². The smallest absolute Gasteiger partial charge is 0.120 e. The standard InChI is InChI=1S/C12H15N3O/c1-2-10(9-4-7-16-11(9)3-1)15-8-12-13-5-6-14-12/h4-7,10,15H,1-3,8H2,(H,13,14). The molecule has 0 saturated carbocycles. The van der Waals surface area contributed by atoms with Crippen LogP contribution < -0.4 is 5.32 Å². The van der Waals surface area contributed by atoms with Crippen LogP contribution in [0.15, 0.2) is 29.1 Å². The van der Waals surface area contributed by atoms with Gasteiger partial charge in [0.15, 0.2) is 0 Å². The molecule has 1 aliphatic rings. The van der Waals surface area contributed by atoms with Gasteiger partial charge in [-0.05, 0) is 18.9 Å². The SMILES string of the molecule is c1c[nH]c(CNC2CCCc3occc32)n1. The largest absolute Gasteiger partial charge is 0.469 e. The molecule has 0 spiro atoms. The van der Waals surface area contributed by atoms with Crippen molar-refractivity contribution in [2.24, 2.45) is 0 Å². The van der Waals surface area contributed by atoms with E-state index >= 15 is 0 Å².